The first kappa shape index (κ1) is 13.7. The van der Waals surface area contributed by atoms with Crippen molar-refractivity contribution in [1.29, 1.82) is 0 Å². The Morgan fingerprint density at radius 3 is 2.35 bits per heavy atom. The van der Waals surface area contributed by atoms with Gasteiger partial charge in [0, 0.05) is 12.0 Å². The van der Waals surface area contributed by atoms with E-state index in [-0.39, 0.29) is 11.3 Å². The van der Waals surface area contributed by atoms with E-state index < -0.39 is 6.04 Å². The SMILES string of the molecule is Cc1ccc(C(C)(C)CNC(=O)[C@@H](C)N)cc1. The lowest BCUT2D eigenvalue weighted by Crippen LogP contribution is -2.43. The second kappa shape index (κ2) is 5.32. The lowest BCUT2D eigenvalue weighted by molar-refractivity contribution is -0.122. The zero-order chi connectivity index (χ0) is 13.1. The molecule has 0 saturated carbocycles. The second-order valence-electron chi connectivity index (χ2n) is 5.26. The van der Waals surface area contributed by atoms with E-state index in [0.717, 1.165) is 0 Å². The van der Waals surface area contributed by atoms with Crippen molar-refractivity contribution in [1.82, 2.24) is 5.32 Å². The summed E-state index contributed by atoms with van der Waals surface area (Å²) in [6.07, 6.45) is 0. The van der Waals surface area contributed by atoms with Crippen LogP contribution >= 0.6 is 0 Å². The van der Waals surface area contributed by atoms with Gasteiger partial charge in [0.05, 0.1) is 6.04 Å². The summed E-state index contributed by atoms with van der Waals surface area (Å²) in [5, 5.41) is 2.87. The molecular weight excluding hydrogens is 212 g/mol. The Bertz CT molecular complexity index is 380. The molecular formula is C14H22N2O. The standard InChI is InChI=1S/C14H22N2O/c1-10-5-7-12(8-6-10)14(3,4)9-16-13(17)11(2)15/h5-8,11H,9,15H2,1-4H3,(H,16,17)/t11-/m1/s1. The third-order valence-electron chi connectivity index (χ3n) is 2.95. The molecule has 1 aromatic rings. The van der Waals surface area contributed by atoms with Crippen LogP contribution in [0.1, 0.15) is 31.9 Å². The number of aryl methyl sites for hydroxylation is 1. The van der Waals surface area contributed by atoms with Gasteiger partial charge in [0.25, 0.3) is 0 Å². The smallest absolute Gasteiger partial charge is 0.236 e. The third-order valence-corrected chi connectivity index (χ3v) is 2.95. The maximum Gasteiger partial charge on any atom is 0.236 e. The van der Waals surface area contributed by atoms with Crippen LogP contribution in [0, 0.1) is 6.92 Å². The van der Waals surface area contributed by atoms with E-state index in [2.05, 4.69) is 50.4 Å². The van der Waals surface area contributed by atoms with Gasteiger partial charge in [0.1, 0.15) is 0 Å². The summed E-state index contributed by atoms with van der Waals surface area (Å²) in [6.45, 7) is 8.57. The zero-order valence-corrected chi connectivity index (χ0v) is 11.1. The van der Waals surface area contributed by atoms with E-state index >= 15 is 0 Å². The first-order chi connectivity index (χ1) is 7.83. The average Bonchev–Trinajstić information content (AvgIpc) is 2.26. The zero-order valence-electron chi connectivity index (χ0n) is 11.1. The van der Waals surface area contributed by atoms with Crippen LogP contribution in [-0.2, 0) is 10.2 Å². The number of carbonyl (C=O) groups excluding carboxylic acids is 1. The molecule has 0 aliphatic carbocycles. The summed E-state index contributed by atoms with van der Waals surface area (Å²) in [6, 6.07) is 7.93. The topological polar surface area (TPSA) is 55.1 Å². The highest BCUT2D eigenvalue weighted by Gasteiger charge is 2.21. The predicted octanol–water partition coefficient (Wildman–Crippen LogP) is 1.74. The fourth-order valence-electron chi connectivity index (χ4n) is 1.58. The molecule has 0 fully saturated rings. The highest BCUT2D eigenvalue weighted by molar-refractivity contribution is 5.81. The van der Waals surface area contributed by atoms with E-state index in [0.29, 0.717) is 6.54 Å². The Balaban J connectivity index is 2.68. The van der Waals surface area contributed by atoms with Crippen LogP contribution in [0.25, 0.3) is 0 Å². The maximum atomic E-state index is 11.4. The molecule has 1 amide bonds. The van der Waals surface area contributed by atoms with Crippen molar-refractivity contribution in [3.63, 3.8) is 0 Å². The van der Waals surface area contributed by atoms with Crippen molar-refractivity contribution < 1.29 is 4.79 Å². The predicted molar refractivity (Wildman–Crippen MR) is 70.9 cm³/mol. The minimum atomic E-state index is -0.455. The summed E-state index contributed by atoms with van der Waals surface area (Å²) in [5.41, 5.74) is 7.88. The number of carbonyl (C=O) groups is 1. The number of rotatable bonds is 4. The largest absolute Gasteiger partial charge is 0.354 e. The highest BCUT2D eigenvalue weighted by atomic mass is 16.2. The second-order valence-corrected chi connectivity index (χ2v) is 5.26. The van der Waals surface area contributed by atoms with Crippen molar-refractivity contribution in [3.05, 3.63) is 35.4 Å². The summed E-state index contributed by atoms with van der Waals surface area (Å²) in [4.78, 5) is 11.4. The third kappa shape index (κ3) is 3.86. The molecule has 0 heterocycles. The van der Waals surface area contributed by atoms with Crippen LogP contribution in [-0.4, -0.2) is 18.5 Å². The minimum absolute atomic E-state index is 0.0851. The van der Waals surface area contributed by atoms with Crippen molar-refractivity contribution in [2.45, 2.75) is 39.2 Å². The molecule has 3 nitrogen and oxygen atoms in total. The van der Waals surface area contributed by atoms with Gasteiger partial charge in [-0.25, -0.2) is 0 Å². The van der Waals surface area contributed by atoms with E-state index in [1.807, 2.05) is 0 Å². The molecule has 3 N–H and O–H groups in total. The molecule has 0 unspecified atom stereocenters. The summed E-state index contributed by atoms with van der Waals surface area (Å²) >= 11 is 0. The van der Waals surface area contributed by atoms with E-state index in [1.165, 1.54) is 11.1 Å². The molecule has 17 heavy (non-hydrogen) atoms. The Kier molecular flexibility index (Phi) is 4.29. The molecule has 1 rings (SSSR count). The van der Waals surface area contributed by atoms with Gasteiger partial charge in [0.15, 0.2) is 0 Å². The van der Waals surface area contributed by atoms with Crippen LogP contribution in [0.4, 0.5) is 0 Å². The monoisotopic (exact) mass is 234 g/mol. The number of hydrogen-bond acceptors (Lipinski definition) is 2. The van der Waals surface area contributed by atoms with Crippen molar-refractivity contribution >= 4 is 5.91 Å². The fourth-order valence-corrected chi connectivity index (χ4v) is 1.58. The van der Waals surface area contributed by atoms with Gasteiger partial charge in [0.2, 0.25) is 5.91 Å². The molecule has 0 saturated heterocycles. The van der Waals surface area contributed by atoms with Gasteiger partial charge in [-0.1, -0.05) is 43.7 Å². The van der Waals surface area contributed by atoms with Crippen molar-refractivity contribution in [2.75, 3.05) is 6.54 Å². The lowest BCUT2D eigenvalue weighted by atomic mass is 9.84. The van der Waals surface area contributed by atoms with Crippen molar-refractivity contribution in [3.8, 4) is 0 Å². The summed E-state index contributed by atoms with van der Waals surface area (Å²) in [7, 11) is 0. The van der Waals surface area contributed by atoms with Gasteiger partial charge >= 0.3 is 0 Å². The molecule has 3 heteroatoms. The van der Waals surface area contributed by atoms with E-state index in [4.69, 9.17) is 5.73 Å². The first-order valence-corrected chi connectivity index (χ1v) is 5.93. The number of benzene rings is 1. The maximum absolute atomic E-state index is 11.4. The molecule has 0 aliphatic rings. The average molecular weight is 234 g/mol. The molecule has 94 valence electrons. The Morgan fingerprint density at radius 1 is 1.35 bits per heavy atom. The summed E-state index contributed by atoms with van der Waals surface area (Å²) < 4.78 is 0. The molecule has 1 atom stereocenters. The van der Waals surface area contributed by atoms with E-state index in [1.54, 1.807) is 6.92 Å². The summed E-state index contributed by atoms with van der Waals surface area (Å²) in [5.74, 6) is -0.106. The highest BCUT2D eigenvalue weighted by Crippen LogP contribution is 2.22. The first-order valence-electron chi connectivity index (χ1n) is 5.93. The van der Waals surface area contributed by atoms with Gasteiger partial charge in [-0.3, -0.25) is 4.79 Å². The van der Waals surface area contributed by atoms with Gasteiger partial charge < -0.3 is 11.1 Å². The van der Waals surface area contributed by atoms with Crippen LogP contribution in [0.5, 0.6) is 0 Å². The molecule has 0 aromatic heterocycles. The lowest BCUT2D eigenvalue weighted by Gasteiger charge is -2.26. The quantitative estimate of drug-likeness (QED) is 0.833. The number of nitrogens with two attached hydrogens (primary N) is 1. The van der Waals surface area contributed by atoms with E-state index in [9.17, 15) is 4.79 Å². The molecule has 0 aliphatic heterocycles. The van der Waals surface area contributed by atoms with Crippen molar-refractivity contribution in [2.24, 2.45) is 5.73 Å². The molecule has 0 radical (unpaired) electrons. The van der Waals surface area contributed by atoms with Crippen LogP contribution in [0.2, 0.25) is 0 Å². The minimum Gasteiger partial charge on any atom is -0.354 e. The Hall–Kier alpha value is -1.35. The number of amides is 1. The van der Waals surface area contributed by atoms with Crippen LogP contribution in [0.15, 0.2) is 24.3 Å². The van der Waals surface area contributed by atoms with Crippen LogP contribution in [0.3, 0.4) is 0 Å². The molecule has 0 spiro atoms. The Labute approximate surface area is 103 Å². The number of nitrogens with one attached hydrogen (secondary N) is 1. The van der Waals surface area contributed by atoms with Gasteiger partial charge in [-0.05, 0) is 19.4 Å². The Morgan fingerprint density at radius 2 is 1.88 bits per heavy atom. The van der Waals surface area contributed by atoms with Gasteiger partial charge in [-0.15, -0.1) is 0 Å². The molecule has 0 bridgehead atoms. The van der Waals surface area contributed by atoms with Gasteiger partial charge in [-0.2, -0.15) is 0 Å². The normalized spacial score (nSPS) is 13.2. The van der Waals surface area contributed by atoms with Crippen LogP contribution < -0.4 is 11.1 Å². The number of hydrogen-bond donors (Lipinski definition) is 2. The fraction of sp³-hybridized carbons (Fsp3) is 0.500. The molecule has 1 aromatic carbocycles.